The first kappa shape index (κ1) is 30.5. The number of rotatable bonds is 9. The maximum Gasteiger partial charge on any atom is 0.338 e. The van der Waals surface area contributed by atoms with E-state index in [1.807, 2.05) is 31.2 Å². The molecule has 0 unspecified atom stereocenters. The third-order valence-electron chi connectivity index (χ3n) is 6.61. The molecule has 0 saturated carbocycles. The van der Waals surface area contributed by atoms with Gasteiger partial charge >= 0.3 is 11.9 Å². The molecule has 0 fully saturated rings. The predicted octanol–water partition coefficient (Wildman–Crippen LogP) is 5.40. The number of fused-ring (bicyclic) bond motifs is 1. The number of hydrogen-bond acceptors (Lipinski definition) is 8. The Morgan fingerprint density at radius 3 is 2.46 bits per heavy atom. The number of esters is 2. The van der Waals surface area contributed by atoms with Gasteiger partial charge < -0.3 is 14.2 Å². The number of carbonyl (C=O) groups is 2. The smallest absolute Gasteiger partial charge is 0.338 e. The third kappa shape index (κ3) is 6.38. The fourth-order valence-corrected chi connectivity index (χ4v) is 6.28. The van der Waals surface area contributed by atoms with Crippen LogP contribution in [-0.4, -0.2) is 30.2 Å². The van der Waals surface area contributed by atoms with Crippen molar-refractivity contribution in [1.29, 1.82) is 0 Å². The van der Waals surface area contributed by atoms with Crippen LogP contribution in [0.2, 0.25) is 0 Å². The normalized spacial score (nSPS) is 15.0. The molecule has 0 aliphatic carbocycles. The summed E-state index contributed by atoms with van der Waals surface area (Å²) in [6.07, 6.45) is 3.08. The van der Waals surface area contributed by atoms with Crippen LogP contribution in [0.3, 0.4) is 0 Å². The van der Waals surface area contributed by atoms with Gasteiger partial charge in [0.15, 0.2) is 16.3 Å². The maximum atomic E-state index is 14.0. The van der Waals surface area contributed by atoms with E-state index in [9.17, 15) is 14.4 Å². The van der Waals surface area contributed by atoms with Crippen molar-refractivity contribution in [3.05, 3.63) is 88.5 Å². The molecule has 2 aromatic carbocycles. The van der Waals surface area contributed by atoms with E-state index in [1.165, 1.54) is 25.4 Å². The van der Waals surface area contributed by atoms with Gasteiger partial charge in [-0.3, -0.25) is 14.2 Å². The van der Waals surface area contributed by atoms with Gasteiger partial charge in [-0.25, -0.2) is 9.79 Å². The molecule has 0 radical (unpaired) electrons. The number of carbonyl (C=O) groups excluding carboxylic acids is 2. The van der Waals surface area contributed by atoms with Crippen molar-refractivity contribution in [2.24, 2.45) is 4.99 Å². The summed E-state index contributed by atoms with van der Waals surface area (Å²) in [5.74, 6) is -0.0167. The molecular formula is C31H33BrN2O6S. The van der Waals surface area contributed by atoms with E-state index >= 15 is 0 Å². The molecule has 0 spiro atoms. The van der Waals surface area contributed by atoms with Crippen molar-refractivity contribution >= 4 is 45.3 Å². The summed E-state index contributed by atoms with van der Waals surface area (Å²) in [4.78, 5) is 44.3. The molecule has 0 amide bonds. The molecule has 4 rings (SSSR count). The van der Waals surface area contributed by atoms with Crippen molar-refractivity contribution in [3.63, 3.8) is 0 Å². The van der Waals surface area contributed by atoms with Gasteiger partial charge in [-0.2, -0.15) is 0 Å². The Kier molecular flexibility index (Phi) is 9.65. The summed E-state index contributed by atoms with van der Waals surface area (Å²) in [7, 11) is 1.48. The molecule has 1 aliphatic rings. The molecule has 0 saturated heterocycles. The highest BCUT2D eigenvalue weighted by Crippen LogP contribution is 2.37. The van der Waals surface area contributed by atoms with E-state index < -0.39 is 18.0 Å². The van der Waals surface area contributed by atoms with Crippen molar-refractivity contribution in [1.82, 2.24) is 4.57 Å². The molecule has 1 aliphatic heterocycles. The fourth-order valence-electron chi connectivity index (χ4n) is 4.72. The van der Waals surface area contributed by atoms with Crippen LogP contribution in [-0.2, 0) is 14.3 Å². The zero-order valence-electron chi connectivity index (χ0n) is 23.9. The largest absolute Gasteiger partial charge is 0.493 e. The number of methoxy groups -OCH3 is 1. The van der Waals surface area contributed by atoms with E-state index in [2.05, 4.69) is 29.8 Å². The van der Waals surface area contributed by atoms with Crippen LogP contribution in [0.1, 0.15) is 76.1 Å². The van der Waals surface area contributed by atoms with Gasteiger partial charge in [-0.15, -0.1) is 0 Å². The van der Waals surface area contributed by atoms with Gasteiger partial charge in [0.1, 0.15) is 0 Å². The number of thiazole rings is 1. The highest BCUT2D eigenvalue weighted by molar-refractivity contribution is 9.10. The zero-order valence-corrected chi connectivity index (χ0v) is 26.4. The Morgan fingerprint density at radius 2 is 1.88 bits per heavy atom. The number of halogens is 1. The van der Waals surface area contributed by atoms with Crippen molar-refractivity contribution < 1.29 is 23.8 Å². The highest BCUT2D eigenvalue weighted by Gasteiger charge is 2.34. The maximum absolute atomic E-state index is 14.0. The number of nitrogens with zero attached hydrogens (tertiary/aromatic N) is 2. The Hall–Kier alpha value is -3.50. The topological polar surface area (TPSA) is 96.2 Å². The molecule has 1 aromatic heterocycles. The lowest BCUT2D eigenvalue weighted by molar-refractivity contribution is -0.139. The average molecular weight is 642 g/mol. The molecule has 0 bridgehead atoms. The lowest BCUT2D eigenvalue weighted by Gasteiger charge is -2.26. The lowest BCUT2D eigenvalue weighted by atomic mass is 9.92. The Bertz CT molecular complexity index is 1680. The van der Waals surface area contributed by atoms with Crippen LogP contribution >= 0.6 is 27.3 Å². The second-order valence-electron chi connectivity index (χ2n) is 9.86. The van der Waals surface area contributed by atoms with Crippen molar-refractivity contribution in [3.8, 4) is 11.5 Å². The molecular weight excluding hydrogens is 608 g/mol. The number of allylic oxidation sites excluding steroid dienone is 1. The van der Waals surface area contributed by atoms with Crippen molar-refractivity contribution in [2.75, 3.05) is 13.7 Å². The number of benzene rings is 2. The van der Waals surface area contributed by atoms with E-state index in [0.29, 0.717) is 48.7 Å². The van der Waals surface area contributed by atoms with Crippen LogP contribution in [0.25, 0.3) is 6.08 Å². The molecule has 8 nitrogen and oxygen atoms in total. The number of hydrogen-bond donors (Lipinski definition) is 0. The molecule has 1 atom stereocenters. The molecule has 216 valence electrons. The first-order chi connectivity index (χ1) is 19.6. The molecule has 3 aromatic rings. The minimum atomic E-state index is -0.678. The SMILES string of the molecule is CCCC1=C(C(=O)OCC)[C@H](c2ccc(C(C)C)cc2)n2c(s/c(=C\c3cc(Br)c(OC(C)=O)c(OC)c3)c2=O)=N1. The van der Waals surface area contributed by atoms with Crippen LogP contribution in [0, 0.1) is 0 Å². The Balaban J connectivity index is 1.95. The summed E-state index contributed by atoms with van der Waals surface area (Å²) in [5.41, 5.74) is 3.37. The number of ether oxygens (including phenoxy) is 3. The highest BCUT2D eigenvalue weighted by atomic mass is 79.9. The minimum Gasteiger partial charge on any atom is -0.493 e. The summed E-state index contributed by atoms with van der Waals surface area (Å²) < 4.78 is 18.7. The van der Waals surface area contributed by atoms with Gasteiger partial charge in [0.05, 0.1) is 40.0 Å². The predicted molar refractivity (Wildman–Crippen MR) is 162 cm³/mol. The second-order valence-corrected chi connectivity index (χ2v) is 11.7. The molecule has 0 N–H and O–H groups in total. The van der Waals surface area contributed by atoms with Crippen molar-refractivity contribution in [2.45, 2.75) is 59.4 Å². The summed E-state index contributed by atoms with van der Waals surface area (Å²) in [6, 6.07) is 10.8. The standard InChI is InChI=1S/C31H33BrN2O6S/c1-7-9-23-26(30(37)39-8-2)27(21-12-10-20(11-13-21)17(3)4)34-29(36)25(41-31(34)33-23)16-19-14-22(32)28(40-18(5)35)24(15-19)38-6/h10-17,27H,7-9H2,1-6H3/b25-16-/t27-/m0/s1. The monoisotopic (exact) mass is 640 g/mol. The first-order valence-electron chi connectivity index (χ1n) is 13.5. The fraction of sp³-hybridized carbons (Fsp3) is 0.355. The minimum absolute atomic E-state index is 0.214. The lowest BCUT2D eigenvalue weighted by Crippen LogP contribution is -2.40. The van der Waals surface area contributed by atoms with E-state index in [4.69, 9.17) is 19.2 Å². The summed E-state index contributed by atoms with van der Waals surface area (Å²) in [6.45, 7) is 9.55. The second kappa shape index (κ2) is 13.0. The Labute approximate surface area is 251 Å². The average Bonchev–Trinajstić information content (AvgIpc) is 3.23. The van der Waals surface area contributed by atoms with E-state index in [-0.39, 0.29) is 17.9 Å². The summed E-state index contributed by atoms with van der Waals surface area (Å²) >= 11 is 4.70. The van der Waals surface area contributed by atoms with Gasteiger partial charge in [-0.05, 0) is 70.1 Å². The van der Waals surface area contributed by atoms with Gasteiger partial charge in [0.25, 0.3) is 5.56 Å². The number of aromatic nitrogens is 1. The van der Waals surface area contributed by atoms with E-state index in [0.717, 1.165) is 17.5 Å². The van der Waals surface area contributed by atoms with Crippen LogP contribution in [0.15, 0.2) is 61.9 Å². The van der Waals surface area contributed by atoms with Crippen LogP contribution < -0.4 is 24.4 Å². The quantitative estimate of drug-likeness (QED) is 0.230. The Morgan fingerprint density at radius 1 is 1.17 bits per heavy atom. The van der Waals surface area contributed by atoms with Gasteiger partial charge in [-0.1, -0.05) is 62.8 Å². The first-order valence-corrected chi connectivity index (χ1v) is 15.1. The zero-order chi connectivity index (χ0) is 29.8. The van der Waals surface area contributed by atoms with Gasteiger partial charge in [0.2, 0.25) is 0 Å². The van der Waals surface area contributed by atoms with Gasteiger partial charge in [0, 0.05) is 6.92 Å². The van der Waals surface area contributed by atoms with Crippen LogP contribution in [0.4, 0.5) is 0 Å². The van der Waals surface area contributed by atoms with E-state index in [1.54, 1.807) is 29.7 Å². The molecule has 2 heterocycles. The van der Waals surface area contributed by atoms with Crippen LogP contribution in [0.5, 0.6) is 11.5 Å². The third-order valence-corrected chi connectivity index (χ3v) is 8.18. The summed E-state index contributed by atoms with van der Waals surface area (Å²) in [5, 5.41) is 0. The molecule has 41 heavy (non-hydrogen) atoms. The molecule has 10 heteroatoms.